The van der Waals surface area contributed by atoms with Crippen LogP contribution in [0.2, 0.25) is 0 Å². The van der Waals surface area contributed by atoms with Crippen LogP contribution < -0.4 is 4.90 Å². The van der Waals surface area contributed by atoms with E-state index in [2.05, 4.69) is 27.8 Å². The highest BCUT2D eigenvalue weighted by atomic mass is 16.7. The van der Waals surface area contributed by atoms with Gasteiger partial charge < -0.3 is 14.4 Å². The summed E-state index contributed by atoms with van der Waals surface area (Å²) in [5.41, 5.74) is 1.26. The fourth-order valence-corrected chi connectivity index (χ4v) is 2.31. The van der Waals surface area contributed by atoms with E-state index in [0.717, 1.165) is 38.5 Å². The van der Waals surface area contributed by atoms with E-state index in [-0.39, 0.29) is 6.29 Å². The van der Waals surface area contributed by atoms with E-state index in [4.69, 9.17) is 9.47 Å². The summed E-state index contributed by atoms with van der Waals surface area (Å²) in [7, 11) is 3.36. The molecule has 1 aromatic heterocycles. The topological polar surface area (TPSA) is 37.8 Å². The molecule has 0 bridgehead atoms. The Bertz CT molecular complexity index is 388. The van der Waals surface area contributed by atoms with Crippen molar-refractivity contribution in [2.24, 2.45) is 0 Å². The molecule has 19 heavy (non-hydrogen) atoms. The zero-order valence-electron chi connectivity index (χ0n) is 12.0. The van der Waals surface area contributed by atoms with Crippen LogP contribution in [0.15, 0.2) is 18.3 Å². The van der Waals surface area contributed by atoms with E-state index in [9.17, 15) is 0 Å². The number of piperazine rings is 1. The van der Waals surface area contributed by atoms with Crippen LogP contribution >= 0.6 is 0 Å². The molecule has 0 amide bonds. The van der Waals surface area contributed by atoms with Crippen molar-refractivity contribution < 1.29 is 9.47 Å². The monoisotopic (exact) mass is 265 g/mol. The van der Waals surface area contributed by atoms with Crippen LogP contribution in [0.25, 0.3) is 0 Å². The number of nitrogens with zero attached hydrogens (tertiary/aromatic N) is 3. The second-order valence-electron chi connectivity index (χ2n) is 4.88. The molecule has 2 heterocycles. The van der Waals surface area contributed by atoms with Crippen molar-refractivity contribution in [3.8, 4) is 0 Å². The molecule has 0 spiro atoms. The molecular formula is C14H23N3O2. The third-order valence-electron chi connectivity index (χ3n) is 3.53. The first kappa shape index (κ1) is 14.2. The van der Waals surface area contributed by atoms with E-state index in [0.29, 0.717) is 0 Å². The van der Waals surface area contributed by atoms with Crippen molar-refractivity contribution in [2.45, 2.75) is 13.2 Å². The van der Waals surface area contributed by atoms with Gasteiger partial charge in [-0.15, -0.1) is 0 Å². The van der Waals surface area contributed by atoms with Crippen molar-refractivity contribution in [3.63, 3.8) is 0 Å². The van der Waals surface area contributed by atoms with Gasteiger partial charge in [0.15, 0.2) is 6.29 Å². The van der Waals surface area contributed by atoms with E-state index in [1.807, 2.05) is 12.3 Å². The maximum absolute atomic E-state index is 5.24. The third-order valence-corrected chi connectivity index (χ3v) is 3.53. The summed E-state index contributed by atoms with van der Waals surface area (Å²) in [6.07, 6.45) is 1.74. The van der Waals surface area contributed by atoms with Gasteiger partial charge in [-0.3, -0.25) is 4.90 Å². The number of aryl methyl sites for hydroxylation is 1. The van der Waals surface area contributed by atoms with E-state index >= 15 is 0 Å². The van der Waals surface area contributed by atoms with Gasteiger partial charge in [0.05, 0.1) is 0 Å². The van der Waals surface area contributed by atoms with Crippen LogP contribution in [0.1, 0.15) is 5.56 Å². The molecular weight excluding hydrogens is 242 g/mol. The molecule has 106 valence electrons. The smallest absolute Gasteiger partial charge is 0.169 e. The van der Waals surface area contributed by atoms with Gasteiger partial charge in [0, 0.05) is 53.1 Å². The molecule has 0 N–H and O–H groups in total. The molecule has 0 radical (unpaired) electrons. The fraction of sp³-hybridized carbons (Fsp3) is 0.643. The molecule has 0 atom stereocenters. The van der Waals surface area contributed by atoms with Gasteiger partial charge in [-0.05, 0) is 24.6 Å². The highest BCUT2D eigenvalue weighted by Crippen LogP contribution is 2.15. The lowest BCUT2D eigenvalue weighted by molar-refractivity contribution is -0.116. The number of rotatable bonds is 5. The molecule has 1 saturated heterocycles. The summed E-state index contributed by atoms with van der Waals surface area (Å²) >= 11 is 0. The predicted molar refractivity (Wildman–Crippen MR) is 75.4 cm³/mol. The van der Waals surface area contributed by atoms with Gasteiger partial charge >= 0.3 is 0 Å². The maximum atomic E-state index is 5.24. The molecule has 0 aromatic carbocycles. The number of anilines is 1. The maximum Gasteiger partial charge on any atom is 0.169 e. The minimum Gasteiger partial charge on any atom is -0.355 e. The van der Waals surface area contributed by atoms with Gasteiger partial charge in [-0.2, -0.15) is 0 Å². The first-order chi connectivity index (χ1) is 9.22. The number of aromatic nitrogens is 1. The highest BCUT2D eigenvalue weighted by molar-refractivity contribution is 5.41. The first-order valence-electron chi connectivity index (χ1n) is 6.68. The van der Waals surface area contributed by atoms with Crippen LogP contribution in [0.3, 0.4) is 0 Å². The van der Waals surface area contributed by atoms with Crippen LogP contribution in [0, 0.1) is 6.92 Å². The van der Waals surface area contributed by atoms with Gasteiger partial charge in [-0.1, -0.05) is 0 Å². The zero-order valence-corrected chi connectivity index (χ0v) is 12.0. The molecule has 1 fully saturated rings. The minimum absolute atomic E-state index is 0.136. The quantitative estimate of drug-likeness (QED) is 0.746. The zero-order chi connectivity index (χ0) is 13.7. The van der Waals surface area contributed by atoms with Gasteiger partial charge in [0.1, 0.15) is 5.82 Å². The predicted octanol–water partition coefficient (Wildman–Crippen LogP) is 1.13. The Hall–Kier alpha value is -1.17. The van der Waals surface area contributed by atoms with Crippen LogP contribution in [0.5, 0.6) is 0 Å². The fourth-order valence-electron chi connectivity index (χ4n) is 2.31. The van der Waals surface area contributed by atoms with Crippen molar-refractivity contribution in [3.05, 3.63) is 23.9 Å². The standard InChI is InChI=1S/C14H23N3O2/c1-12-4-5-15-13(10-12)17-8-6-16(7-9-17)11-14(18-2)19-3/h4-5,10,14H,6-9,11H2,1-3H3. The molecule has 2 rings (SSSR count). The Balaban J connectivity index is 1.85. The summed E-state index contributed by atoms with van der Waals surface area (Å²) in [4.78, 5) is 9.14. The molecule has 0 saturated carbocycles. The van der Waals surface area contributed by atoms with Crippen LogP contribution in [0.4, 0.5) is 5.82 Å². The third kappa shape index (κ3) is 3.89. The van der Waals surface area contributed by atoms with E-state index in [1.165, 1.54) is 5.56 Å². The lowest BCUT2D eigenvalue weighted by Gasteiger charge is -2.36. The molecule has 5 heteroatoms. The van der Waals surface area contributed by atoms with Crippen molar-refractivity contribution in [2.75, 3.05) is 51.8 Å². The van der Waals surface area contributed by atoms with Crippen molar-refractivity contribution in [1.29, 1.82) is 0 Å². The summed E-state index contributed by atoms with van der Waals surface area (Å²) in [5, 5.41) is 0. The molecule has 0 aliphatic carbocycles. The highest BCUT2D eigenvalue weighted by Gasteiger charge is 2.20. The minimum atomic E-state index is -0.136. The normalized spacial score (nSPS) is 17.2. The largest absolute Gasteiger partial charge is 0.355 e. The average molecular weight is 265 g/mol. The average Bonchev–Trinajstić information content (AvgIpc) is 2.45. The number of pyridine rings is 1. The molecule has 0 unspecified atom stereocenters. The van der Waals surface area contributed by atoms with E-state index < -0.39 is 0 Å². The van der Waals surface area contributed by atoms with Gasteiger partial charge in [-0.25, -0.2) is 4.98 Å². The van der Waals surface area contributed by atoms with Crippen molar-refractivity contribution in [1.82, 2.24) is 9.88 Å². The number of methoxy groups -OCH3 is 2. The molecule has 1 aliphatic heterocycles. The molecule has 1 aromatic rings. The lowest BCUT2D eigenvalue weighted by atomic mass is 10.2. The van der Waals surface area contributed by atoms with Crippen LogP contribution in [-0.4, -0.2) is 63.1 Å². The number of ether oxygens (including phenoxy) is 2. The van der Waals surface area contributed by atoms with Crippen molar-refractivity contribution >= 4 is 5.82 Å². The Morgan fingerprint density at radius 2 is 1.89 bits per heavy atom. The SMILES string of the molecule is COC(CN1CCN(c2cc(C)ccn2)CC1)OC. The molecule has 1 aliphatic rings. The Morgan fingerprint density at radius 3 is 2.47 bits per heavy atom. The lowest BCUT2D eigenvalue weighted by Crippen LogP contribution is -2.49. The molecule has 5 nitrogen and oxygen atoms in total. The first-order valence-corrected chi connectivity index (χ1v) is 6.68. The Morgan fingerprint density at radius 1 is 1.21 bits per heavy atom. The van der Waals surface area contributed by atoms with E-state index in [1.54, 1.807) is 14.2 Å². The Kier molecular flexibility index (Phi) is 5.13. The second kappa shape index (κ2) is 6.84. The number of hydrogen-bond acceptors (Lipinski definition) is 5. The summed E-state index contributed by atoms with van der Waals surface area (Å²) in [6, 6.07) is 4.17. The summed E-state index contributed by atoms with van der Waals surface area (Å²) in [5.74, 6) is 1.08. The Labute approximate surface area is 115 Å². The van der Waals surface area contributed by atoms with Gasteiger partial charge in [0.2, 0.25) is 0 Å². The summed E-state index contributed by atoms with van der Waals surface area (Å²) < 4.78 is 10.5. The van der Waals surface area contributed by atoms with Gasteiger partial charge in [0.25, 0.3) is 0 Å². The van der Waals surface area contributed by atoms with Crippen LogP contribution in [-0.2, 0) is 9.47 Å². The number of hydrogen-bond donors (Lipinski definition) is 0. The summed E-state index contributed by atoms with van der Waals surface area (Å²) in [6.45, 7) is 6.94. The second-order valence-corrected chi connectivity index (χ2v) is 4.88.